The maximum Gasteiger partial charge on any atom is 0.177 e. The molecule has 2 N–H and O–H groups in total. The molecule has 0 aliphatic heterocycles. The minimum atomic E-state index is 0.416. The number of nitrogen functional groups attached to an aromatic ring is 1. The Balaban J connectivity index is 1.78. The van der Waals surface area contributed by atoms with Crippen molar-refractivity contribution in [2.24, 2.45) is 0 Å². The second kappa shape index (κ2) is 5.40. The summed E-state index contributed by atoms with van der Waals surface area (Å²) in [5.41, 5.74) is 10.1. The lowest BCUT2D eigenvalue weighted by atomic mass is 10.1. The Morgan fingerprint density at radius 3 is 2.80 bits per heavy atom. The Kier molecular flexibility index (Phi) is 3.16. The van der Waals surface area contributed by atoms with E-state index in [1.54, 1.807) is 28.9 Å². The minimum Gasteiger partial charge on any atom is -0.452 e. The van der Waals surface area contributed by atoms with Crippen LogP contribution in [0.3, 0.4) is 0 Å². The van der Waals surface area contributed by atoms with Gasteiger partial charge < -0.3 is 10.2 Å². The van der Waals surface area contributed by atoms with E-state index in [9.17, 15) is 0 Å². The zero-order chi connectivity index (χ0) is 17.0. The van der Waals surface area contributed by atoms with E-state index in [0.717, 1.165) is 32.4 Å². The molecule has 122 valence electrons. The molecule has 0 radical (unpaired) electrons. The highest BCUT2D eigenvalue weighted by molar-refractivity contribution is 7.17. The predicted octanol–water partition coefficient (Wildman–Crippen LogP) is 5.72. The Bertz CT molecular complexity index is 1230. The van der Waals surface area contributed by atoms with Crippen molar-refractivity contribution in [2.45, 2.75) is 6.92 Å². The second-order valence-electron chi connectivity index (χ2n) is 5.92. The Labute approximate surface area is 151 Å². The molecule has 5 rings (SSSR count). The number of pyridine rings is 2. The summed E-state index contributed by atoms with van der Waals surface area (Å²) >= 11 is 3.36. The number of hydrogen-bond donors (Lipinski definition) is 1. The number of furan rings is 1. The van der Waals surface area contributed by atoms with Crippen LogP contribution in [0.15, 0.2) is 52.0 Å². The monoisotopic (exact) mass is 363 g/mol. The average molecular weight is 363 g/mol. The summed E-state index contributed by atoms with van der Waals surface area (Å²) in [6.45, 7) is 2.09. The van der Waals surface area contributed by atoms with Gasteiger partial charge in [-0.2, -0.15) is 0 Å². The van der Waals surface area contributed by atoms with Crippen LogP contribution < -0.4 is 5.73 Å². The molecule has 6 heteroatoms. The molecule has 0 aliphatic rings. The zero-order valence-corrected chi connectivity index (χ0v) is 14.9. The first-order chi connectivity index (χ1) is 12.2. The summed E-state index contributed by atoms with van der Waals surface area (Å²) in [6.07, 6.45) is 5.51. The summed E-state index contributed by atoms with van der Waals surface area (Å²) in [6, 6.07) is 6.24. The van der Waals surface area contributed by atoms with E-state index in [2.05, 4.69) is 39.8 Å². The number of nitrogens with zero attached hydrogens (tertiary/aromatic N) is 2. The normalized spacial score (nSPS) is 11.6. The third kappa shape index (κ3) is 2.26. The number of nitrogens with two attached hydrogens (primary N) is 1. The lowest BCUT2D eigenvalue weighted by Gasteiger charge is -2.00. The van der Waals surface area contributed by atoms with E-state index in [4.69, 9.17) is 10.2 Å². The van der Waals surface area contributed by atoms with Crippen LogP contribution in [0, 0.1) is 6.92 Å². The van der Waals surface area contributed by atoms with Gasteiger partial charge in [0.25, 0.3) is 0 Å². The van der Waals surface area contributed by atoms with Gasteiger partial charge in [0.15, 0.2) is 11.4 Å². The van der Waals surface area contributed by atoms with Crippen LogP contribution in [-0.2, 0) is 0 Å². The topological polar surface area (TPSA) is 64.9 Å². The zero-order valence-electron chi connectivity index (χ0n) is 13.3. The van der Waals surface area contributed by atoms with E-state index >= 15 is 0 Å². The van der Waals surface area contributed by atoms with Gasteiger partial charge in [-0.3, -0.25) is 4.98 Å². The number of aromatic nitrogens is 2. The van der Waals surface area contributed by atoms with Crippen molar-refractivity contribution < 1.29 is 4.42 Å². The summed E-state index contributed by atoms with van der Waals surface area (Å²) in [7, 11) is 0. The highest BCUT2D eigenvalue weighted by atomic mass is 32.1. The van der Waals surface area contributed by atoms with Crippen LogP contribution in [0.1, 0.15) is 5.56 Å². The number of aryl methyl sites for hydroxylation is 1. The van der Waals surface area contributed by atoms with Crippen LogP contribution in [-0.4, -0.2) is 9.97 Å². The Morgan fingerprint density at radius 1 is 1.04 bits per heavy atom. The number of fused-ring (bicyclic) bond motifs is 2. The van der Waals surface area contributed by atoms with Crippen molar-refractivity contribution in [3.63, 3.8) is 0 Å². The summed E-state index contributed by atoms with van der Waals surface area (Å²) < 4.78 is 7.26. The lowest BCUT2D eigenvalue weighted by Crippen LogP contribution is -1.90. The fourth-order valence-electron chi connectivity index (χ4n) is 3.02. The molecular weight excluding hydrogens is 350 g/mol. The fourth-order valence-corrected chi connectivity index (χ4v) is 4.86. The van der Waals surface area contributed by atoms with Gasteiger partial charge in [-0.15, -0.1) is 22.7 Å². The van der Waals surface area contributed by atoms with E-state index < -0.39 is 0 Å². The number of anilines is 1. The minimum absolute atomic E-state index is 0.416. The molecule has 0 saturated heterocycles. The Hall–Kier alpha value is -2.70. The van der Waals surface area contributed by atoms with Crippen molar-refractivity contribution >= 4 is 49.5 Å². The third-order valence-corrected chi connectivity index (χ3v) is 6.24. The summed E-state index contributed by atoms with van der Waals surface area (Å²) in [4.78, 5) is 9.69. The standard InChI is InChI=1S/C19H13N3OS2/c1-10-4-16(24-8-10)13-6-22-19(20)18-12(13)5-15(23-18)14-9-25-17-7-21-3-2-11(14)17/h2-9H,1H3,(H2,20,22). The van der Waals surface area contributed by atoms with Gasteiger partial charge in [0, 0.05) is 50.7 Å². The molecule has 0 aromatic carbocycles. The Morgan fingerprint density at radius 2 is 1.96 bits per heavy atom. The fraction of sp³-hybridized carbons (Fsp3) is 0.0526. The molecule has 0 saturated carbocycles. The van der Waals surface area contributed by atoms with Gasteiger partial charge in [-0.25, -0.2) is 4.98 Å². The van der Waals surface area contributed by atoms with Crippen molar-refractivity contribution in [3.05, 3.63) is 53.1 Å². The second-order valence-corrected chi connectivity index (χ2v) is 7.74. The quantitative estimate of drug-likeness (QED) is 0.435. The largest absolute Gasteiger partial charge is 0.452 e. The molecule has 0 unspecified atom stereocenters. The van der Waals surface area contributed by atoms with Crippen molar-refractivity contribution in [1.29, 1.82) is 0 Å². The molecule has 0 bridgehead atoms. The molecule has 5 aromatic rings. The van der Waals surface area contributed by atoms with Gasteiger partial charge in [0.2, 0.25) is 0 Å². The summed E-state index contributed by atoms with van der Waals surface area (Å²) in [5.74, 6) is 1.22. The van der Waals surface area contributed by atoms with E-state index in [1.807, 2.05) is 18.5 Å². The molecule has 0 spiro atoms. The maximum absolute atomic E-state index is 6.12. The van der Waals surface area contributed by atoms with Crippen molar-refractivity contribution in [3.8, 4) is 21.8 Å². The molecule has 25 heavy (non-hydrogen) atoms. The molecule has 0 fully saturated rings. The molecule has 0 amide bonds. The van der Waals surface area contributed by atoms with Crippen LogP contribution in [0.4, 0.5) is 5.82 Å². The van der Waals surface area contributed by atoms with Gasteiger partial charge in [0.05, 0.1) is 4.70 Å². The third-order valence-electron chi connectivity index (χ3n) is 4.23. The molecule has 4 nitrogen and oxygen atoms in total. The smallest absolute Gasteiger partial charge is 0.177 e. The van der Waals surface area contributed by atoms with Gasteiger partial charge in [-0.1, -0.05) is 0 Å². The highest BCUT2D eigenvalue weighted by Crippen LogP contribution is 2.41. The van der Waals surface area contributed by atoms with E-state index in [0.29, 0.717) is 11.4 Å². The predicted molar refractivity (Wildman–Crippen MR) is 105 cm³/mol. The van der Waals surface area contributed by atoms with Gasteiger partial charge in [-0.05, 0) is 36.1 Å². The van der Waals surface area contributed by atoms with Crippen molar-refractivity contribution in [2.75, 3.05) is 5.73 Å². The first kappa shape index (κ1) is 14.6. The van der Waals surface area contributed by atoms with Crippen LogP contribution in [0.2, 0.25) is 0 Å². The lowest BCUT2D eigenvalue weighted by molar-refractivity contribution is 0.632. The first-order valence-corrected chi connectivity index (χ1v) is 9.52. The van der Waals surface area contributed by atoms with E-state index in [1.165, 1.54) is 10.4 Å². The van der Waals surface area contributed by atoms with Crippen LogP contribution in [0.5, 0.6) is 0 Å². The molecule has 5 aromatic heterocycles. The van der Waals surface area contributed by atoms with Gasteiger partial charge in [0.1, 0.15) is 5.76 Å². The summed E-state index contributed by atoms with van der Waals surface area (Å²) in [5, 5.41) is 6.37. The van der Waals surface area contributed by atoms with Crippen molar-refractivity contribution in [1.82, 2.24) is 9.97 Å². The van der Waals surface area contributed by atoms with E-state index in [-0.39, 0.29) is 0 Å². The molecule has 0 aliphatic carbocycles. The molecule has 5 heterocycles. The SMILES string of the molecule is Cc1csc(-c2cnc(N)c3oc(-c4csc5cnccc45)cc23)c1. The molecular formula is C19H13N3OS2. The maximum atomic E-state index is 6.12. The van der Waals surface area contributed by atoms with Crippen LogP contribution >= 0.6 is 22.7 Å². The number of rotatable bonds is 2. The number of hydrogen-bond acceptors (Lipinski definition) is 6. The highest BCUT2D eigenvalue weighted by Gasteiger charge is 2.17. The average Bonchev–Trinajstić information content (AvgIpc) is 3.32. The molecule has 0 atom stereocenters. The number of thiophene rings is 2. The van der Waals surface area contributed by atoms with Crippen LogP contribution in [0.25, 0.3) is 42.8 Å². The first-order valence-electron chi connectivity index (χ1n) is 7.76. The van der Waals surface area contributed by atoms with Gasteiger partial charge >= 0.3 is 0 Å².